The van der Waals surface area contributed by atoms with Gasteiger partial charge in [0.1, 0.15) is 5.82 Å². The lowest BCUT2D eigenvalue weighted by molar-refractivity contribution is -0.142. The van der Waals surface area contributed by atoms with Crippen molar-refractivity contribution in [2.45, 2.75) is 6.92 Å². The molecule has 1 saturated heterocycles. The zero-order valence-electron chi connectivity index (χ0n) is 11.2. The van der Waals surface area contributed by atoms with E-state index in [0.29, 0.717) is 13.1 Å². The topological polar surface area (TPSA) is 69.6 Å². The Kier molecular flexibility index (Phi) is 4.34. The van der Waals surface area contributed by atoms with Crippen LogP contribution in [0.5, 0.6) is 0 Å². The van der Waals surface area contributed by atoms with E-state index >= 15 is 0 Å². The molecule has 2 rings (SSSR count). The molecule has 2 N–H and O–H groups in total. The van der Waals surface area contributed by atoms with Crippen molar-refractivity contribution in [3.8, 4) is 0 Å². The number of hydrogen-bond acceptors (Lipinski definition) is 3. The van der Waals surface area contributed by atoms with Crippen LogP contribution in [0.25, 0.3) is 0 Å². The third-order valence-electron chi connectivity index (χ3n) is 3.52. The fourth-order valence-electron chi connectivity index (χ4n) is 2.47. The predicted molar refractivity (Wildman–Crippen MR) is 71.8 cm³/mol. The van der Waals surface area contributed by atoms with Crippen molar-refractivity contribution in [3.05, 3.63) is 30.1 Å². The average molecular weight is 280 g/mol. The third-order valence-corrected chi connectivity index (χ3v) is 3.52. The molecule has 0 saturated carbocycles. The monoisotopic (exact) mass is 280 g/mol. The summed E-state index contributed by atoms with van der Waals surface area (Å²) in [4.78, 5) is 24.6. The lowest BCUT2D eigenvalue weighted by Crippen LogP contribution is -2.32. The van der Waals surface area contributed by atoms with E-state index in [2.05, 4.69) is 5.32 Å². The van der Waals surface area contributed by atoms with E-state index in [1.54, 1.807) is 17.0 Å². The van der Waals surface area contributed by atoms with Crippen molar-refractivity contribution in [3.63, 3.8) is 0 Å². The number of likely N-dealkylation sites (tertiary alicyclic amines) is 1. The molecular formula is C14H17FN2O3. The normalized spacial score (nSPS) is 22.7. The Morgan fingerprint density at radius 2 is 2.10 bits per heavy atom. The van der Waals surface area contributed by atoms with Crippen molar-refractivity contribution in [1.29, 1.82) is 0 Å². The second-order valence-corrected chi connectivity index (χ2v) is 5.14. The first-order valence-corrected chi connectivity index (χ1v) is 6.47. The van der Waals surface area contributed by atoms with Gasteiger partial charge in [-0.3, -0.25) is 14.5 Å². The second kappa shape index (κ2) is 6.00. The molecule has 0 aromatic heterocycles. The molecule has 1 amide bonds. The van der Waals surface area contributed by atoms with E-state index in [0.717, 1.165) is 0 Å². The number of rotatable bonds is 4. The molecule has 1 aromatic carbocycles. The summed E-state index contributed by atoms with van der Waals surface area (Å²) in [5, 5.41) is 11.5. The van der Waals surface area contributed by atoms with E-state index in [1.807, 2.05) is 6.92 Å². The fraction of sp³-hybridized carbons (Fsp3) is 0.429. The number of anilines is 1. The van der Waals surface area contributed by atoms with E-state index in [-0.39, 0.29) is 24.1 Å². The number of nitrogens with zero attached hydrogens (tertiary/aromatic N) is 1. The van der Waals surface area contributed by atoms with Gasteiger partial charge in [0.25, 0.3) is 0 Å². The van der Waals surface area contributed by atoms with Gasteiger partial charge in [0.05, 0.1) is 18.2 Å². The van der Waals surface area contributed by atoms with Gasteiger partial charge in [-0.25, -0.2) is 4.39 Å². The average Bonchev–Trinajstić information content (AvgIpc) is 2.73. The number of carbonyl (C=O) groups is 2. The molecule has 6 heteroatoms. The van der Waals surface area contributed by atoms with Crippen LogP contribution in [0.2, 0.25) is 0 Å². The Morgan fingerprint density at radius 1 is 1.40 bits per heavy atom. The SMILES string of the molecule is C[C@@H]1CN(CC(=O)Nc2ccccc2F)C[C@H]1C(=O)O. The highest BCUT2D eigenvalue weighted by Gasteiger charge is 2.35. The Bertz CT molecular complexity index is 521. The van der Waals surface area contributed by atoms with Gasteiger partial charge in [0.15, 0.2) is 0 Å². The fourth-order valence-corrected chi connectivity index (χ4v) is 2.47. The van der Waals surface area contributed by atoms with E-state index in [1.165, 1.54) is 12.1 Å². The molecule has 5 nitrogen and oxygen atoms in total. The minimum absolute atomic E-state index is 0.00811. The summed E-state index contributed by atoms with van der Waals surface area (Å²) >= 11 is 0. The van der Waals surface area contributed by atoms with Gasteiger partial charge in [0, 0.05) is 13.1 Å². The molecule has 0 unspecified atom stereocenters. The summed E-state index contributed by atoms with van der Waals surface area (Å²) in [5.41, 5.74) is 0.138. The molecule has 1 heterocycles. The first kappa shape index (κ1) is 14.5. The minimum Gasteiger partial charge on any atom is -0.481 e. The lowest BCUT2D eigenvalue weighted by Gasteiger charge is -2.15. The highest BCUT2D eigenvalue weighted by Crippen LogP contribution is 2.23. The van der Waals surface area contributed by atoms with Crippen LogP contribution in [0.3, 0.4) is 0 Å². The second-order valence-electron chi connectivity index (χ2n) is 5.14. The molecule has 1 aromatic rings. The molecule has 1 fully saturated rings. The summed E-state index contributed by atoms with van der Waals surface area (Å²) in [5.74, 6) is -2.10. The van der Waals surface area contributed by atoms with Gasteiger partial charge in [-0.05, 0) is 18.1 Å². The maximum absolute atomic E-state index is 13.4. The molecule has 1 aliphatic rings. The molecule has 0 spiro atoms. The molecule has 2 atom stereocenters. The van der Waals surface area contributed by atoms with Crippen LogP contribution in [0, 0.1) is 17.7 Å². The summed E-state index contributed by atoms with van der Waals surface area (Å²) in [6, 6.07) is 5.94. The number of nitrogens with one attached hydrogen (secondary N) is 1. The number of benzene rings is 1. The number of carboxylic acid groups (broad SMARTS) is 1. The number of halogens is 1. The Balaban J connectivity index is 1.90. The summed E-state index contributed by atoms with van der Waals surface area (Å²) in [6.07, 6.45) is 0. The van der Waals surface area contributed by atoms with Crippen molar-refractivity contribution in [1.82, 2.24) is 4.90 Å². The van der Waals surface area contributed by atoms with E-state index in [4.69, 9.17) is 5.11 Å². The summed E-state index contributed by atoms with van der Waals surface area (Å²) < 4.78 is 13.4. The number of para-hydroxylation sites is 1. The number of amides is 1. The van der Waals surface area contributed by atoms with Gasteiger partial charge < -0.3 is 10.4 Å². The van der Waals surface area contributed by atoms with E-state index in [9.17, 15) is 14.0 Å². The maximum Gasteiger partial charge on any atom is 0.308 e. The molecule has 0 bridgehead atoms. The summed E-state index contributed by atoms with van der Waals surface area (Å²) in [6.45, 7) is 2.83. The van der Waals surface area contributed by atoms with Crippen LogP contribution in [0.15, 0.2) is 24.3 Å². The molecule has 1 aliphatic heterocycles. The van der Waals surface area contributed by atoms with Gasteiger partial charge >= 0.3 is 5.97 Å². The Morgan fingerprint density at radius 3 is 2.70 bits per heavy atom. The summed E-state index contributed by atoms with van der Waals surface area (Å²) in [7, 11) is 0. The minimum atomic E-state index is -0.838. The number of carbonyl (C=O) groups excluding carboxylic acids is 1. The zero-order valence-corrected chi connectivity index (χ0v) is 11.2. The molecule has 20 heavy (non-hydrogen) atoms. The van der Waals surface area contributed by atoms with Gasteiger partial charge in [0.2, 0.25) is 5.91 Å². The van der Waals surface area contributed by atoms with Crippen LogP contribution in [0.4, 0.5) is 10.1 Å². The standard InChI is InChI=1S/C14H17FN2O3/c1-9-6-17(7-10(9)14(19)20)8-13(18)16-12-5-3-2-4-11(12)15/h2-5,9-10H,6-8H2,1H3,(H,16,18)(H,19,20)/t9-,10-/m1/s1. The molecule has 108 valence electrons. The van der Waals surface area contributed by atoms with Crippen molar-refractivity contribution in [2.24, 2.45) is 11.8 Å². The highest BCUT2D eigenvalue weighted by molar-refractivity contribution is 5.92. The van der Waals surface area contributed by atoms with Crippen LogP contribution < -0.4 is 5.32 Å². The quantitative estimate of drug-likeness (QED) is 0.875. The van der Waals surface area contributed by atoms with Gasteiger partial charge in [-0.15, -0.1) is 0 Å². The number of hydrogen-bond donors (Lipinski definition) is 2. The Labute approximate surface area is 116 Å². The van der Waals surface area contributed by atoms with Crippen LogP contribution in [-0.4, -0.2) is 41.5 Å². The highest BCUT2D eigenvalue weighted by atomic mass is 19.1. The van der Waals surface area contributed by atoms with E-state index < -0.39 is 17.7 Å². The van der Waals surface area contributed by atoms with Crippen molar-refractivity contribution >= 4 is 17.6 Å². The van der Waals surface area contributed by atoms with Crippen molar-refractivity contribution < 1.29 is 19.1 Å². The molecule has 0 radical (unpaired) electrons. The number of carboxylic acids is 1. The Hall–Kier alpha value is -1.95. The van der Waals surface area contributed by atoms with Gasteiger partial charge in [-0.1, -0.05) is 19.1 Å². The predicted octanol–water partition coefficient (Wildman–Crippen LogP) is 1.42. The lowest BCUT2D eigenvalue weighted by atomic mass is 9.99. The molecule has 0 aliphatic carbocycles. The first-order valence-electron chi connectivity index (χ1n) is 6.47. The first-order chi connectivity index (χ1) is 9.47. The van der Waals surface area contributed by atoms with Crippen LogP contribution in [0.1, 0.15) is 6.92 Å². The van der Waals surface area contributed by atoms with Crippen LogP contribution in [-0.2, 0) is 9.59 Å². The smallest absolute Gasteiger partial charge is 0.308 e. The zero-order chi connectivity index (χ0) is 14.7. The maximum atomic E-state index is 13.4. The number of aliphatic carboxylic acids is 1. The van der Waals surface area contributed by atoms with Gasteiger partial charge in [-0.2, -0.15) is 0 Å². The third kappa shape index (κ3) is 3.33. The van der Waals surface area contributed by atoms with Crippen molar-refractivity contribution in [2.75, 3.05) is 25.0 Å². The van der Waals surface area contributed by atoms with Crippen LogP contribution >= 0.6 is 0 Å². The largest absolute Gasteiger partial charge is 0.481 e. The molecular weight excluding hydrogens is 263 g/mol.